The van der Waals surface area contributed by atoms with Crippen molar-refractivity contribution < 1.29 is 23.8 Å². The molecule has 1 aromatic heterocycles. The molecular weight excluding hydrogens is 455 g/mol. The lowest BCUT2D eigenvalue weighted by Crippen LogP contribution is -2.51. The maximum absolute atomic E-state index is 15.5. The van der Waals surface area contributed by atoms with E-state index >= 15 is 4.39 Å². The predicted octanol–water partition coefficient (Wildman–Crippen LogP) is 3.89. The van der Waals surface area contributed by atoms with Gasteiger partial charge < -0.3 is 30.4 Å². The number of halogens is 1. The lowest BCUT2D eigenvalue weighted by molar-refractivity contribution is 0.0441. The van der Waals surface area contributed by atoms with Crippen molar-refractivity contribution in [2.75, 3.05) is 23.7 Å². The van der Waals surface area contributed by atoms with E-state index in [1.807, 2.05) is 18.7 Å². The molecule has 10 heteroatoms. The van der Waals surface area contributed by atoms with Crippen LogP contribution in [-0.2, 0) is 4.74 Å². The molecule has 35 heavy (non-hydrogen) atoms. The van der Waals surface area contributed by atoms with Gasteiger partial charge in [0, 0.05) is 36.8 Å². The Hall–Kier alpha value is -3.30. The third kappa shape index (κ3) is 4.78. The predicted molar refractivity (Wildman–Crippen MR) is 132 cm³/mol. The van der Waals surface area contributed by atoms with Crippen LogP contribution >= 0.6 is 0 Å². The third-order valence-corrected chi connectivity index (χ3v) is 6.82. The normalized spacial score (nSPS) is 18.7. The number of hydrogen-bond donors (Lipinski definition) is 3. The average molecular weight is 489 g/mol. The molecule has 1 aromatic carbocycles. The van der Waals surface area contributed by atoms with Crippen LogP contribution in [0, 0.1) is 11.7 Å². The van der Waals surface area contributed by atoms with Gasteiger partial charge in [-0.05, 0) is 59.9 Å². The number of nitrogens with one attached hydrogen (secondary N) is 1. The Bertz CT molecular complexity index is 1260. The molecule has 1 atom stereocenters. The smallest absolute Gasteiger partial charge is 0.408 e. The number of fused-ring (bicyclic) bond motifs is 1. The van der Waals surface area contributed by atoms with Crippen LogP contribution < -0.4 is 21.4 Å². The van der Waals surface area contributed by atoms with Crippen LogP contribution in [-0.4, -0.2) is 46.0 Å². The van der Waals surface area contributed by atoms with Gasteiger partial charge in [0.2, 0.25) is 5.43 Å². The number of ether oxygens (including phenoxy) is 1. The summed E-state index contributed by atoms with van der Waals surface area (Å²) in [6, 6.07) is 1.65. The number of nitrogen functional groups attached to an aromatic ring is 1. The number of benzene rings is 1. The zero-order chi connectivity index (χ0) is 25.9. The molecule has 0 spiro atoms. The zero-order valence-electron chi connectivity index (χ0n) is 20.8. The molecule has 0 unspecified atom stereocenters. The number of carboxylic acids is 1. The van der Waals surface area contributed by atoms with Crippen LogP contribution in [0.15, 0.2) is 17.1 Å². The Kier molecular flexibility index (Phi) is 5.97. The van der Waals surface area contributed by atoms with E-state index < -0.39 is 40.0 Å². The van der Waals surface area contributed by atoms with Gasteiger partial charge in [0.15, 0.2) is 5.82 Å². The second-order valence-electron chi connectivity index (χ2n) is 11.1. The van der Waals surface area contributed by atoms with E-state index in [4.69, 9.17) is 10.5 Å². The topological polar surface area (TPSA) is 127 Å². The number of anilines is 2. The lowest BCUT2D eigenvalue weighted by Gasteiger charge is -2.34. The van der Waals surface area contributed by atoms with Crippen molar-refractivity contribution in [2.45, 2.75) is 71.1 Å². The summed E-state index contributed by atoms with van der Waals surface area (Å²) in [7, 11) is 0. The molecule has 0 bridgehead atoms. The van der Waals surface area contributed by atoms with Gasteiger partial charge in [0.05, 0.1) is 22.3 Å². The van der Waals surface area contributed by atoms with Crippen LogP contribution in [0.4, 0.5) is 20.6 Å². The van der Waals surface area contributed by atoms with E-state index in [1.165, 1.54) is 6.20 Å². The molecule has 2 fully saturated rings. The molecule has 2 heterocycles. The van der Waals surface area contributed by atoms with Gasteiger partial charge in [-0.15, -0.1) is 0 Å². The summed E-state index contributed by atoms with van der Waals surface area (Å²) in [5.74, 6) is -2.10. The van der Waals surface area contributed by atoms with Gasteiger partial charge in [-0.3, -0.25) is 4.79 Å². The molecule has 1 amide bonds. The molecule has 2 aromatic rings. The Balaban J connectivity index is 1.67. The monoisotopic (exact) mass is 488 g/mol. The summed E-state index contributed by atoms with van der Waals surface area (Å²) >= 11 is 0. The molecule has 0 radical (unpaired) electrons. The number of alkyl carbamates (subject to hydrolysis) is 1. The minimum absolute atomic E-state index is 0.00588. The molecule has 190 valence electrons. The molecule has 1 aliphatic heterocycles. The Morgan fingerprint density at radius 2 is 1.86 bits per heavy atom. The number of hydrogen-bond acceptors (Lipinski definition) is 6. The molecule has 1 saturated heterocycles. The van der Waals surface area contributed by atoms with E-state index in [0.717, 1.165) is 12.8 Å². The van der Waals surface area contributed by atoms with Crippen molar-refractivity contribution in [3.05, 3.63) is 33.9 Å². The van der Waals surface area contributed by atoms with E-state index in [0.29, 0.717) is 25.0 Å². The van der Waals surface area contributed by atoms with Crippen molar-refractivity contribution in [1.82, 2.24) is 9.88 Å². The minimum atomic E-state index is -1.36. The van der Waals surface area contributed by atoms with E-state index in [9.17, 15) is 19.5 Å². The maximum Gasteiger partial charge on any atom is 0.408 e. The summed E-state index contributed by atoms with van der Waals surface area (Å²) in [4.78, 5) is 38.7. The first-order valence-electron chi connectivity index (χ1n) is 11.9. The summed E-state index contributed by atoms with van der Waals surface area (Å²) in [5, 5.41) is 12.3. The second-order valence-corrected chi connectivity index (χ2v) is 11.1. The number of aromatic carboxylic acids is 1. The number of carbonyl (C=O) groups excluding carboxylic acids is 1. The van der Waals surface area contributed by atoms with Gasteiger partial charge in [0.25, 0.3) is 0 Å². The fraction of sp³-hybridized carbons (Fsp3) is 0.560. The first-order valence-corrected chi connectivity index (χ1v) is 11.9. The Morgan fingerprint density at radius 1 is 1.20 bits per heavy atom. The Labute approximate surface area is 203 Å². The number of nitrogens with zero attached hydrogens (tertiary/aromatic N) is 2. The fourth-order valence-electron chi connectivity index (χ4n) is 4.77. The summed E-state index contributed by atoms with van der Waals surface area (Å²) in [6.07, 6.45) is 3.23. The number of nitrogens with two attached hydrogens (primary N) is 1. The van der Waals surface area contributed by atoms with Gasteiger partial charge in [-0.25, -0.2) is 14.0 Å². The number of rotatable bonds is 5. The lowest BCUT2D eigenvalue weighted by atomic mass is 9.87. The van der Waals surface area contributed by atoms with Crippen molar-refractivity contribution >= 4 is 34.3 Å². The van der Waals surface area contributed by atoms with Crippen molar-refractivity contribution in [1.29, 1.82) is 0 Å². The average Bonchev–Trinajstić information content (AvgIpc) is 3.43. The van der Waals surface area contributed by atoms with Crippen molar-refractivity contribution in [2.24, 2.45) is 5.92 Å². The number of carbonyl (C=O) groups is 2. The third-order valence-electron chi connectivity index (χ3n) is 6.82. The standard InChI is InChI=1S/C25H33FN4O5/c1-24(2,3)35-23(34)28-25(4,5)13-8-9-29(11-13)17-10-16-18(20(27)19(17)26)21(31)15(22(32)33)12-30(16)14-6-7-14/h10,12-14H,6-9,11,27H2,1-5H3,(H,28,34)(H,32,33)/t13-/m1/s1. The minimum Gasteiger partial charge on any atom is -0.477 e. The van der Waals surface area contributed by atoms with Gasteiger partial charge in [-0.1, -0.05) is 0 Å². The highest BCUT2D eigenvalue weighted by molar-refractivity contribution is 5.99. The van der Waals surface area contributed by atoms with Crippen LogP contribution in [0.25, 0.3) is 10.9 Å². The number of aromatic nitrogens is 1. The van der Waals surface area contributed by atoms with Crippen LogP contribution in [0.3, 0.4) is 0 Å². The second kappa shape index (κ2) is 8.42. The van der Waals surface area contributed by atoms with E-state index in [-0.39, 0.29) is 28.7 Å². The molecule has 4 N–H and O–H groups in total. The SMILES string of the molecule is CC(C)(C)OC(=O)NC(C)(C)[C@@H]1CCN(c2cc3c(c(N)c2F)c(=O)c(C(=O)O)cn3C2CC2)C1. The summed E-state index contributed by atoms with van der Waals surface area (Å²) in [5.41, 5.74) is 4.05. The highest BCUT2D eigenvalue weighted by Crippen LogP contribution is 2.41. The molecule has 4 rings (SSSR count). The Morgan fingerprint density at radius 3 is 2.43 bits per heavy atom. The van der Waals surface area contributed by atoms with Gasteiger partial charge in [-0.2, -0.15) is 0 Å². The maximum atomic E-state index is 15.5. The molecule has 1 saturated carbocycles. The largest absolute Gasteiger partial charge is 0.477 e. The van der Waals surface area contributed by atoms with Crippen LogP contribution in [0.2, 0.25) is 0 Å². The number of pyridine rings is 1. The zero-order valence-corrected chi connectivity index (χ0v) is 20.8. The van der Waals surface area contributed by atoms with E-state index in [2.05, 4.69) is 5.32 Å². The first-order chi connectivity index (χ1) is 16.2. The summed E-state index contributed by atoms with van der Waals surface area (Å²) < 4.78 is 22.6. The summed E-state index contributed by atoms with van der Waals surface area (Å²) in [6.45, 7) is 10.2. The van der Waals surface area contributed by atoms with Crippen molar-refractivity contribution in [3.63, 3.8) is 0 Å². The molecule has 1 aliphatic carbocycles. The van der Waals surface area contributed by atoms with Gasteiger partial charge >= 0.3 is 12.1 Å². The number of amides is 1. The van der Waals surface area contributed by atoms with Crippen molar-refractivity contribution in [3.8, 4) is 0 Å². The van der Waals surface area contributed by atoms with Crippen LogP contribution in [0.5, 0.6) is 0 Å². The highest BCUT2D eigenvalue weighted by Gasteiger charge is 2.39. The first kappa shape index (κ1) is 24.8. The fourth-order valence-corrected chi connectivity index (χ4v) is 4.77. The molecular formula is C25H33FN4O5. The van der Waals surface area contributed by atoms with E-state index in [1.54, 1.807) is 31.4 Å². The van der Waals surface area contributed by atoms with Crippen LogP contribution in [0.1, 0.15) is 70.3 Å². The quantitative estimate of drug-likeness (QED) is 0.545. The van der Waals surface area contributed by atoms with Gasteiger partial charge in [0.1, 0.15) is 11.2 Å². The number of carboxylic acid groups (broad SMARTS) is 1. The molecule has 9 nitrogen and oxygen atoms in total. The highest BCUT2D eigenvalue weighted by atomic mass is 19.1. The molecule has 2 aliphatic rings.